The summed E-state index contributed by atoms with van der Waals surface area (Å²) in [6.07, 6.45) is 2.92. The van der Waals surface area contributed by atoms with Crippen molar-refractivity contribution in [3.8, 4) is 11.5 Å². The standard InChI is InChI=1S/C30H31NO5/c1-35-27-21-25(29(32)30(33)34)13-14-26(27)36-20-8-17-31-18-15-24(16-19-31)28(22-9-4-2-5-10-22)23-11-6-3-7-12-23/h2-7,9-14,21H,8,15-20H2,1H3,(H,33,34). The molecule has 0 spiro atoms. The molecule has 0 saturated carbocycles. The maximum atomic E-state index is 11.7. The van der Waals surface area contributed by atoms with E-state index in [0.29, 0.717) is 18.1 Å². The minimum atomic E-state index is -1.50. The van der Waals surface area contributed by atoms with E-state index < -0.39 is 11.8 Å². The molecular weight excluding hydrogens is 454 g/mol. The van der Waals surface area contributed by atoms with Crippen LogP contribution in [-0.4, -0.2) is 55.1 Å². The number of carboxylic acids is 1. The molecule has 1 aliphatic heterocycles. The van der Waals surface area contributed by atoms with Crippen LogP contribution in [0.1, 0.15) is 40.7 Å². The summed E-state index contributed by atoms with van der Waals surface area (Å²) in [5.41, 5.74) is 5.46. The number of ketones is 1. The number of carboxylic acid groups (broad SMARTS) is 1. The van der Waals surface area contributed by atoms with Crippen LogP contribution < -0.4 is 9.47 Å². The van der Waals surface area contributed by atoms with E-state index in [2.05, 4.69) is 65.6 Å². The maximum Gasteiger partial charge on any atom is 0.377 e. The third-order valence-corrected chi connectivity index (χ3v) is 6.43. The third-order valence-electron chi connectivity index (χ3n) is 6.43. The Bertz CT molecular complexity index is 1170. The molecule has 1 fully saturated rings. The summed E-state index contributed by atoms with van der Waals surface area (Å²) < 4.78 is 11.2. The summed E-state index contributed by atoms with van der Waals surface area (Å²) in [6.45, 7) is 3.44. The molecule has 4 rings (SSSR count). The monoisotopic (exact) mass is 485 g/mol. The van der Waals surface area contributed by atoms with Crippen molar-refractivity contribution in [2.45, 2.75) is 19.3 Å². The molecule has 6 heteroatoms. The number of likely N-dealkylation sites (tertiary alicyclic amines) is 1. The Balaban J connectivity index is 1.32. The lowest BCUT2D eigenvalue weighted by Crippen LogP contribution is -2.32. The lowest BCUT2D eigenvalue weighted by Gasteiger charge is -2.30. The number of piperidine rings is 1. The van der Waals surface area contributed by atoms with Gasteiger partial charge in [-0.1, -0.05) is 66.2 Å². The van der Waals surface area contributed by atoms with Gasteiger partial charge in [-0.05, 0) is 54.2 Å². The molecule has 3 aromatic rings. The Hall–Kier alpha value is -3.90. The van der Waals surface area contributed by atoms with Crippen LogP contribution in [0.3, 0.4) is 0 Å². The van der Waals surface area contributed by atoms with Crippen molar-refractivity contribution in [3.63, 3.8) is 0 Å². The number of rotatable bonds is 10. The fraction of sp³-hybridized carbons (Fsp3) is 0.267. The Labute approximate surface area is 211 Å². The first-order chi connectivity index (χ1) is 17.6. The average Bonchev–Trinajstić information content (AvgIpc) is 2.93. The number of hydrogen-bond donors (Lipinski definition) is 1. The van der Waals surface area contributed by atoms with Crippen molar-refractivity contribution in [3.05, 3.63) is 101 Å². The van der Waals surface area contributed by atoms with E-state index in [1.165, 1.54) is 41.5 Å². The second-order valence-electron chi connectivity index (χ2n) is 8.75. The Morgan fingerprint density at radius 3 is 2.00 bits per heavy atom. The molecule has 1 saturated heterocycles. The van der Waals surface area contributed by atoms with Gasteiger partial charge in [0.1, 0.15) is 0 Å². The van der Waals surface area contributed by atoms with Gasteiger partial charge in [0.15, 0.2) is 11.5 Å². The number of hydrogen-bond acceptors (Lipinski definition) is 5. The predicted molar refractivity (Wildman–Crippen MR) is 140 cm³/mol. The number of nitrogens with zero attached hydrogens (tertiary/aromatic N) is 1. The lowest BCUT2D eigenvalue weighted by molar-refractivity contribution is -0.131. The van der Waals surface area contributed by atoms with Crippen molar-refractivity contribution in [2.24, 2.45) is 0 Å². The molecule has 1 heterocycles. The summed E-state index contributed by atoms with van der Waals surface area (Å²) in [7, 11) is 1.47. The fourth-order valence-corrected chi connectivity index (χ4v) is 4.60. The number of aliphatic carboxylic acids is 1. The Kier molecular flexibility index (Phi) is 8.53. The highest BCUT2D eigenvalue weighted by Gasteiger charge is 2.20. The van der Waals surface area contributed by atoms with E-state index in [1.807, 2.05) is 0 Å². The van der Waals surface area contributed by atoms with Crippen molar-refractivity contribution in [1.29, 1.82) is 0 Å². The first-order valence-electron chi connectivity index (χ1n) is 12.2. The van der Waals surface area contributed by atoms with Gasteiger partial charge in [-0.3, -0.25) is 4.79 Å². The second-order valence-corrected chi connectivity index (χ2v) is 8.75. The number of carbonyl (C=O) groups excluding carboxylic acids is 1. The van der Waals surface area contributed by atoms with Crippen LogP contribution in [-0.2, 0) is 4.79 Å². The average molecular weight is 486 g/mol. The lowest BCUT2D eigenvalue weighted by atomic mass is 9.88. The minimum absolute atomic E-state index is 0.0641. The summed E-state index contributed by atoms with van der Waals surface area (Å²) in [5.74, 6) is -1.62. The zero-order valence-electron chi connectivity index (χ0n) is 20.5. The van der Waals surface area contributed by atoms with Crippen LogP contribution in [0.2, 0.25) is 0 Å². The predicted octanol–water partition coefficient (Wildman–Crippen LogP) is 5.33. The topological polar surface area (TPSA) is 76.1 Å². The third kappa shape index (κ3) is 6.20. The van der Waals surface area contributed by atoms with Crippen molar-refractivity contribution < 1.29 is 24.2 Å². The van der Waals surface area contributed by atoms with Crippen LogP contribution in [0.5, 0.6) is 11.5 Å². The highest BCUT2D eigenvalue weighted by molar-refractivity contribution is 6.39. The minimum Gasteiger partial charge on any atom is -0.493 e. The number of ether oxygens (including phenoxy) is 2. The normalized spacial score (nSPS) is 13.8. The van der Waals surface area contributed by atoms with Gasteiger partial charge in [-0.25, -0.2) is 4.79 Å². The van der Waals surface area contributed by atoms with Crippen molar-refractivity contribution >= 4 is 17.3 Å². The molecular formula is C30H31NO5. The van der Waals surface area contributed by atoms with E-state index in [-0.39, 0.29) is 5.56 Å². The molecule has 0 aliphatic carbocycles. The van der Waals surface area contributed by atoms with Crippen LogP contribution in [0.4, 0.5) is 0 Å². The van der Waals surface area contributed by atoms with Gasteiger partial charge in [-0.15, -0.1) is 0 Å². The van der Waals surface area contributed by atoms with E-state index in [4.69, 9.17) is 14.6 Å². The van der Waals surface area contributed by atoms with Gasteiger partial charge < -0.3 is 19.5 Å². The zero-order valence-corrected chi connectivity index (χ0v) is 20.5. The highest BCUT2D eigenvalue weighted by atomic mass is 16.5. The van der Waals surface area contributed by atoms with Gasteiger partial charge in [0.25, 0.3) is 5.78 Å². The van der Waals surface area contributed by atoms with Gasteiger partial charge >= 0.3 is 5.97 Å². The molecule has 186 valence electrons. The maximum absolute atomic E-state index is 11.7. The second kappa shape index (κ2) is 12.2. The van der Waals surface area contributed by atoms with Gasteiger partial charge in [0, 0.05) is 25.2 Å². The Morgan fingerprint density at radius 1 is 0.833 bits per heavy atom. The molecule has 0 unspecified atom stereocenters. The van der Waals surface area contributed by atoms with Gasteiger partial charge in [0.2, 0.25) is 0 Å². The summed E-state index contributed by atoms with van der Waals surface area (Å²) in [4.78, 5) is 25.1. The van der Waals surface area contributed by atoms with Crippen LogP contribution in [0, 0.1) is 0 Å². The number of benzene rings is 3. The quantitative estimate of drug-likeness (QED) is 0.238. The first-order valence-corrected chi connectivity index (χ1v) is 12.2. The molecule has 0 aromatic heterocycles. The molecule has 3 aromatic carbocycles. The number of methoxy groups -OCH3 is 1. The highest BCUT2D eigenvalue weighted by Crippen LogP contribution is 2.32. The van der Waals surface area contributed by atoms with Gasteiger partial charge in [-0.2, -0.15) is 0 Å². The molecule has 0 amide bonds. The molecule has 0 bridgehead atoms. The zero-order chi connectivity index (χ0) is 25.3. The molecule has 0 atom stereocenters. The fourth-order valence-electron chi connectivity index (χ4n) is 4.60. The molecule has 1 N–H and O–H groups in total. The van der Waals surface area contributed by atoms with Crippen LogP contribution in [0.25, 0.3) is 5.57 Å². The summed E-state index contributed by atoms with van der Waals surface area (Å²) in [5, 5.41) is 8.90. The van der Waals surface area contributed by atoms with E-state index in [0.717, 1.165) is 38.9 Å². The van der Waals surface area contributed by atoms with Gasteiger partial charge in [0.05, 0.1) is 13.7 Å². The summed E-state index contributed by atoms with van der Waals surface area (Å²) in [6, 6.07) is 25.7. The SMILES string of the molecule is COc1cc(C(=O)C(=O)O)ccc1OCCCN1CCC(=C(c2ccccc2)c2ccccc2)CC1. The largest absolute Gasteiger partial charge is 0.493 e. The summed E-state index contributed by atoms with van der Waals surface area (Å²) >= 11 is 0. The van der Waals surface area contributed by atoms with Crippen LogP contribution in [0.15, 0.2) is 84.4 Å². The molecule has 0 radical (unpaired) electrons. The van der Waals surface area contributed by atoms with E-state index in [1.54, 1.807) is 6.07 Å². The number of carbonyl (C=O) groups is 2. The molecule has 6 nitrogen and oxygen atoms in total. The first kappa shape index (κ1) is 25.2. The molecule has 36 heavy (non-hydrogen) atoms. The van der Waals surface area contributed by atoms with E-state index in [9.17, 15) is 9.59 Å². The Morgan fingerprint density at radius 2 is 1.44 bits per heavy atom. The van der Waals surface area contributed by atoms with E-state index >= 15 is 0 Å². The van der Waals surface area contributed by atoms with Crippen molar-refractivity contribution in [2.75, 3.05) is 33.4 Å². The smallest absolute Gasteiger partial charge is 0.377 e. The van der Waals surface area contributed by atoms with Crippen molar-refractivity contribution in [1.82, 2.24) is 4.90 Å². The number of Topliss-reactive ketones (excluding diaryl/α,β-unsaturated/α-hetero) is 1. The van der Waals surface area contributed by atoms with Crippen LogP contribution >= 0.6 is 0 Å². The molecule has 1 aliphatic rings.